The third kappa shape index (κ3) is 10.1. The van der Waals surface area contributed by atoms with Crippen molar-refractivity contribution < 1.29 is 33.4 Å². The van der Waals surface area contributed by atoms with Crippen LogP contribution in [0.3, 0.4) is 0 Å². The number of aromatic amines is 1. The molecule has 0 unspecified atom stereocenters. The van der Waals surface area contributed by atoms with Crippen LogP contribution in [0, 0.1) is 11.8 Å². The standard InChI is InChI=1S/C32H37N7O7/c1-32(2,3)46-31(43)34-16-18-44-17-15-33-27(40)14-13-21-9-11-22(12-10-21)19-26-36-28(38-37-26)29(41)35-23-20-45-25-8-6-5-7-24(25)39(4)30(23)42/h5-12,23H,15-20H2,1-4H3,(H,33,40)(H,34,43)(H,35,41)(H,36,37,38)/t23-/m0/s1. The van der Waals surface area contributed by atoms with Crippen LogP contribution in [0.2, 0.25) is 0 Å². The Bertz CT molecular complexity index is 1600. The summed E-state index contributed by atoms with van der Waals surface area (Å²) < 4.78 is 16.2. The minimum Gasteiger partial charge on any atom is -0.489 e. The molecular formula is C32H37N7O7. The molecule has 14 nitrogen and oxygen atoms in total. The topological polar surface area (TPSA) is 177 Å². The first-order valence-corrected chi connectivity index (χ1v) is 14.6. The number of H-pyrrole nitrogens is 1. The van der Waals surface area contributed by atoms with Crippen molar-refractivity contribution >= 4 is 29.5 Å². The molecule has 0 fully saturated rings. The third-order valence-electron chi connectivity index (χ3n) is 6.39. The summed E-state index contributed by atoms with van der Waals surface area (Å²) in [4.78, 5) is 55.0. The number of rotatable bonds is 10. The van der Waals surface area contributed by atoms with Gasteiger partial charge in [-0.05, 0) is 50.6 Å². The summed E-state index contributed by atoms with van der Waals surface area (Å²) in [6.45, 7) is 6.43. The monoisotopic (exact) mass is 631 g/mol. The van der Waals surface area contributed by atoms with E-state index in [1.165, 1.54) is 4.90 Å². The largest absolute Gasteiger partial charge is 0.489 e. The summed E-state index contributed by atoms with van der Waals surface area (Å²) in [6, 6.07) is 13.4. The van der Waals surface area contributed by atoms with Gasteiger partial charge < -0.3 is 35.1 Å². The van der Waals surface area contributed by atoms with Crippen molar-refractivity contribution in [3.63, 3.8) is 0 Å². The van der Waals surface area contributed by atoms with Crippen LogP contribution in [-0.4, -0.2) is 90.6 Å². The van der Waals surface area contributed by atoms with Gasteiger partial charge in [0.2, 0.25) is 5.82 Å². The van der Waals surface area contributed by atoms with Gasteiger partial charge in [-0.1, -0.05) is 30.2 Å². The second kappa shape index (κ2) is 15.5. The van der Waals surface area contributed by atoms with Crippen LogP contribution < -0.4 is 25.6 Å². The average Bonchev–Trinajstić information content (AvgIpc) is 3.45. The molecule has 0 saturated carbocycles. The van der Waals surface area contributed by atoms with Gasteiger partial charge >= 0.3 is 6.09 Å². The van der Waals surface area contributed by atoms with E-state index in [1.807, 2.05) is 18.2 Å². The van der Waals surface area contributed by atoms with Gasteiger partial charge in [-0.2, -0.15) is 0 Å². The number of nitrogens with zero attached hydrogens (tertiary/aromatic N) is 3. The number of hydrogen-bond acceptors (Lipinski definition) is 9. The molecule has 0 saturated heterocycles. The van der Waals surface area contributed by atoms with Gasteiger partial charge in [0.1, 0.15) is 29.8 Å². The number of anilines is 1. The molecule has 1 aliphatic rings. The lowest BCUT2D eigenvalue weighted by Crippen LogP contribution is -2.49. The fraction of sp³-hybridized carbons (Fsp3) is 0.375. The molecule has 0 spiro atoms. The molecule has 1 aliphatic heterocycles. The van der Waals surface area contributed by atoms with Crippen LogP contribution in [0.25, 0.3) is 0 Å². The molecule has 4 N–H and O–H groups in total. The second-order valence-electron chi connectivity index (χ2n) is 11.2. The average molecular weight is 632 g/mol. The summed E-state index contributed by atoms with van der Waals surface area (Å²) in [5.41, 5.74) is 1.57. The molecule has 2 heterocycles. The van der Waals surface area contributed by atoms with E-state index in [0.29, 0.717) is 29.2 Å². The predicted molar refractivity (Wildman–Crippen MR) is 167 cm³/mol. The summed E-state index contributed by atoms with van der Waals surface area (Å²) in [5, 5.41) is 14.7. The molecule has 0 radical (unpaired) electrons. The van der Waals surface area contributed by atoms with Gasteiger partial charge in [-0.3, -0.25) is 19.5 Å². The predicted octanol–water partition coefficient (Wildman–Crippen LogP) is 1.56. The van der Waals surface area contributed by atoms with Crippen molar-refractivity contribution in [1.29, 1.82) is 0 Å². The minimum absolute atomic E-state index is 0.0227. The highest BCUT2D eigenvalue weighted by atomic mass is 16.6. The Hall–Kier alpha value is -5.42. The van der Waals surface area contributed by atoms with E-state index in [4.69, 9.17) is 14.2 Å². The van der Waals surface area contributed by atoms with Crippen LogP contribution >= 0.6 is 0 Å². The van der Waals surface area contributed by atoms with Gasteiger partial charge in [0, 0.05) is 38.0 Å². The number of hydrogen-bond donors (Lipinski definition) is 4. The number of likely N-dealkylation sites (N-methyl/N-ethyl adjacent to an activating group) is 1. The lowest BCUT2D eigenvalue weighted by molar-refractivity contribution is -0.120. The molecule has 14 heteroatoms. The zero-order valence-corrected chi connectivity index (χ0v) is 26.1. The number of carbonyl (C=O) groups is 4. The Labute approximate surface area is 266 Å². The van der Waals surface area contributed by atoms with Crippen molar-refractivity contribution in [2.24, 2.45) is 0 Å². The van der Waals surface area contributed by atoms with E-state index in [2.05, 4.69) is 43.0 Å². The Kier molecular flexibility index (Phi) is 11.3. The van der Waals surface area contributed by atoms with Crippen molar-refractivity contribution in [3.05, 3.63) is 71.3 Å². The first-order valence-electron chi connectivity index (χ1n) is 14.6. The Balaban J connectivity index is 1.17. The minimum atomic E-state index is -0.907. The summed E-state index contributed by atoms with van der Waals surface area (Å²) in [5.74, 6) is 4.90. The van der Waals surface area contributed by atoms with Crippen molar-refractivity contribution in [2.75, 3.05) is 44.9 Å². The van der Waals surface area contributed by atoms with Gasteiger partial charge in [-0.25, -0.2) is 9.78 Å². The first-order chi connectivity index (χ1) is 22.0. The maximum absolute atomic E-state index is 12.9. The molecule has 3 aromatic rings. The van der Waals surface area contributed by atoms with E-state index < -0.39 is 29.6 Å². The van der Waals surface area contributed by atoms with Crippen LogP contribution in [0.1, 0.15) is 48.3 Å². The van der Waals surface area contributed by atoms with E-state index in [9.17, 15) is 19.2 Å². The molecule has 242 valence electrons. The number of amides is 4. The zero-order valence-electron chi connectivity index (χ0n) is 26.1. The lowest BCUT2D eigenvalue weighted by Gasteiger charge is -2.19. The molecule has 1 atom stereocenters. The number of fused-ring (bicyclic) bond motifs is 1. The molecule has 46 heavy (non-hydrogen) atoms. The van der Waals surface area contributed by atoms with Crippen LogP contribution in [0.5, 0.6) is 5.75 Å². The smallest absolute Gasteiger partial charge is 0.407 e. The molecule has 0 aliphatic carbocycles. The number of alkyl carbamates (subject to hydrolysis) is 1. The van der Waals surface area contributed by atoms with Gasteiger partial charge in [0.05, 0.1) is 18.9 Å². The fourth-order valence-corrected chi connectivity index (χ4v) is 4.21. The Morgan fingerprint density at radius 1 is 1.07 bits per heavy atom. The number of aromatic nitrogens is 3. The highest BCUT2D eigenvalue weighted by Crippen LogP contribution is 2.29. The number of benzene rings is 2. The SMILES string of the molecule is CN1C(=O)[C@@H](NC(=O)c2n[nH]c(Cc3ccc(C#CC(=O)NCCOCCNC(=O)OC(C)(C)C)cc3)n2)COc2ccccc21. The maximum atomic E-state index is 12.9. The lowest BCUT2D eigenvalue weighted by atomic mass is 10.1. The van der Waals surface area contributed by atoms with E-state index in [1.54, 1.807) is 58.2 Å². The molecule has 2 aromatic carbocycles. The fourth-order valence-electron chi connectivity index (χ4n) is 4.21. The maximum Gasteiger partial charge on any atom is 0.407 e. The van der Waals surface area contributed by atoms with Crippen LogP contribution in [0.15, 0.2) is 48.5 Å². The van der Waals surface area contributed by atoms with Crippen molar-refractivity contribution in [1.82, 2.24) is 31.1 Å². The Morgan fingerprint density at radius 3 is 2.52 bits per heavy atom. The van der Waals surface area contributed by atoms with E-state index in [-0.39, 0.29) is 44.6 Å². The van der Waals surface area contributed by atoms with Gasteiger partial charge in [-0.15, -0.1) is 5.10 Å². The summed E-state index contributed by atoms with van der Waals surface area (Å²) >= 11 is 0. The molecule has 4 rings (SSSR count). The Morgan fingerprint density at radius 2 is 1.78 bits per heavy atom. The highest BCUT2D eigenvalue weighted by molar-refractivity contribution is 6.02. The molecule has 1 aromatic heterocycles. The number of para-hydroxylation sites is 2. The second-order valence-corrected chi connectivity index (χ2v) is 11.2. The summed E-state index contributed by atoms with van der Waals surface area (Å²) in [6.07, 6.45) is -0.147. The number of ether oxygens (including phenoxy) is 3. The first kappa shape index (κ1) is 33.5. The van der Waals surface area contributed by atoms with Crippen molar-refractivity contribution in [2.45, 2.75) is 38.8 Å². The van der Waals surface area contributed by atoms with E-state index in [0.717, 1.165) is 5.56 Å². The van der Waals surface area contributed by atoms with Crippen LogP contribution in [-0.2, 0) is 25.5 Å². The quantitative estimate of drug-likeness (QED) is 0.191. The molecule has 4 amide bonds. The zero-order chi connectivity index (χ0) is 33.1. The molecular weight excluding hydrogens is 594 g/mol. The normalized spacial score (nSPS) is 14.1. The third-order valence-corrected chi connectivity index (χ3v) is 6.39. The van der Waals surface area contributed by atoms with Gasteiger partial charge in [0.25, 0.3) is 17.7 Å². The van der Waals surface area contributed by atoms with Crippen LogP contribution in [0.4, 0.5) is 10.5 Å². The molecule has 0 bridgehead atoms. The number of carbonyl (C=O) groups excluding carboxylic acids is 4. The van der Waals surface area contributed by atoms with E-state index >= 15 is 0 Å². The highest BCUT2D eigenvalue weighted by Gasteiger charge is 2.31. The summed E-state index contributed by atoms with van der Waals surface area (Å²) in [7, 11) is 1.63. The number of nitrogens with one attached hydrogen (secondary N) is 4. The van der Waals surface area contributed by atoms with Gasteiger partial charge in [0.15, 0.2) is 0 Å². The van der Waals surface area contributed by atoms with Crippen molar-refractivity contribution in [3.8, 4) is 17.6 Å².